The SMILES string of the molecule is C.CC.Nc1ccc(C2CNC2)cc1Cl. The highest BCUT2D eigenvalue weighted by atomic mass is 35.5. The zero-order valence-electron chi connectivity index (χ0n) is 8.68. The minimum atomic E-state index is 0. The first-order chi connectivity index (χ1) is 6.77. The molecule has 2 nitrogen and oxygen atoms in total. The largest absolute Gasteiger partial charge is 0.398 e. The maximum Gasteiger partial charge on any atom is 0.0638 e. The highest BCUT2D eigenvalue weighted by Crippen LogP contribution is 2.26. The number of rotatable bonds is 1. The molecule has 1 aromatic rings. The predicted octanol–water partition coefficient (Wildman–Crippen LogP) is 3.27. The first-order valence-corrected chi connectivity index (χ1v) is 5.41. The number of nitrogens with two attached hydrogens (primary N) is 1. The molecule has 0 bridgehead atoms. The Hall–Kier alpha value is -0.730. The van der Waals surface area contributed by atoms with E-state index < -0.39 is 0 Å². The van der Waals surface area contributed by atoms with Crippen molar-refractivity contribution >= 4 is 17.3 Å². The molecule has 1 aliphatic rings. The molecule has 1 aliphatic heterocycles. The van der Waals surface area contributed by atoms with E-state index in [0.29, 0.717) is 16.6 Å². The monoisotopic (exact) mass is 228 g/mol. The van der Waals surface area contributed by atoms with Crippen LogP contribution in [0.15, 0.2) is 18.2 Å². The van der Waals surface area contributed by atoms with Gasteiger partial charge in [0.1, 0.15) is 0 Å². The van der Waals surface area contributed by atoms with Crippen molar-refractivity contribution in [2.45, 2.75) is 27.2 Å². The number of nitrogens with one attached hydrogen (secondary N) is 1. The summed E-state index contributed by atoms with van der Waals surface area (Å²) in [5.41, 5.74) is 7.55. The molecule has 1 heterocycles. The van der Waals surface area contributed by atoms with E-state index >= 15 is 0 Å². The van der Waals surface area contributed by atoms with Crippen molar-refractivity contribution in [3.63, 3.8) is 0 Å². The van der Waals surface area contributed by atoms with Gasteiger partial charge in [0, 0.05) is 19.0 Å². The average molecular weight is 229 g/mol. The van der Waals surface area contributed by atoms with Crippen molar-refractivity contribution in [1.82, 2.24) is 5.32 Å². The molecular formula is C12H21ClN2. The normalized spacial score (nSPS) is 14.3. The van der Waals surface area contributed by atoms with E-state index in [-0.39, 0.29) is 7.43 Å². The summed E-state index contributed by atoms with van der Waals surface area (Å²) in [6.45, 7) is 6.11. The van der Waals surface area contributed by atoms with Crippen LogP contribution in [0.5, 0.6) is 0 Å². The molecule has 0 spiro atoms. The van der Waals surface area contributed by atoms with Crippen molar-refractivity contribution in [3.05, 3.63) is 28.8 Å². The van der Waals surface area contributed by atoms with Gasteiger partial charge in [-0.15, -0.1) is 0 Å². The fourth-order valence-electron chi connectivity index (χ4n) is 1.32. The number of halogens is 1. The van der Waals surface area contributed by atoms with Crippen LogP contribution < -0.4 is 11.1 Å². The third-order valence-corrected chi connectivity index (χ3v) is 2.60. The maximum atomic E-state index is 5.89. The Bertz CT molecular complexity index is 296. The van der Waals surface area contributed by atoms with Gasteiger partial charge in [-0.05, 0) is 17.7 Å². The third kappa shape index (κ3) is 3.40. The fourth-order valence-corrected chi connectivity index (χ4v) is 1.51. The summed E-state index contributed by atoms with van der Waals surface area (Å²) in [4.78, 5) is 0. The van der Waals surface area contributed by atoms with Crippen LogP contribution in [0.3, 0.4) is 0 Å². The predicted molar refractivity (Wildman–Crippen MR) is 69.6 cm³/mol. The van der Waals surface area contributed by atoms with Gasteiger partial charge in [0.25, 0.3) is 0 Å². The second-order valence-electron chi connectivity index (χ2n) is 3.14. The Labute approximate surface area is 97.8 Å². The number of hydrogen-bond acceptors (Lipinski definition) is 2. The highest BCUT2D eigenvalue weighted by Gasteiger charge is 2.18. The van der Waals surface area contributed by atoms with Crippen molar-refractivity contribution in [2.24, 2.45) is 0 Å². The smallest absolute Gasteiger partial charge is 0.0638 e. The molecule has 0 radical (unpaired) electrons. The molecule has 0 aromatic heterocycles. The molecule has 2 rings (SSSR count). The summed E-state index contributed by atoms with van der Waals surface area (Å²) >= 11 is 5.89. The van der Waals surface area contributed by atoms with Gasteiger partial charge in [0.2, 0.25) is 0 Å². The second-order valence-corrected chi connectivity index (χ2v) is 3.54. The molecule has 1 aromatic carbocycles. The molecule has 1 fully saturated rings. The van der Waals surface area contributed by atoms with Gasteiger partial charge in [-0.3, -0.25) is 0 Å². The Balaban J connectivity index is 0.000000617. The van der Waals surface area contributed by atoms with Gasteiger partial charge in [-0.25, -0.2) is 0 Å². The van der Waals surface area contributed by atoms with Crippen LogP contribution in [-0.4, -0.2) is 13.1 Å². The van der Waals surface area contributed by atoms with Crippen LogP contribution in [0.4, 0.5) is 5.69 Å². The minimum Gasteiger partial charge on any atom is -0.398 e. The first-order valence-electron chi connectivity index (χ1n) is 5.03. The molecule has 3 heteroatoms. The van der Waals surface area contributed by atoms with Crippen LogP contribution in [0.2, 0.25) is 5.02 Å². The molecule has 0 atom stereocenters. The minimum absolute atomic E-state index is 0. The van der Waals surface area contributed by atoms with Gasteiger partial charge in [0.05, 0.1) is 10.7 Å². The molecule has 86 valence electrons. The number of hydrogen-bond donors (Lipinski definition) is 2. The van der Waals surface area contributed by atoms with Gasteiger partial charge < -0.3 is 11.1 Å². The van der Waals surface area contributed by atoms with E-state index in [0.717, 1.165) is 13.1 Å². The van der Waals surface area contributed by atoms with E-state index in [4.69, 9.17) is 17.3 Å². The Morgan fingerprint density at radius 3 is 2.33 bits per heavy atom. The average Bonchev–Trinajstić information content (AvgIpc) is 2.12. The topological polar surface area (TPSA) is 38.0 Å². The van der Waals surface area contributed by atoms with Gasteiger partial charge >= 0.3 is 0 Å². The van der Waals surface area contributed by atoms with E-state index in [1.54, 1.807) is 0 Å². The second kappa shape index (κ2) is 6.70. The van der Waals surface area contributed by atoms with E-state index in [1.165, 1.54) is 5.56 Å². The third-order valence-electron chi connectivity index (χ3n) is 2.28. The van der Waals surface area contributed by atoms with E-state index in [2.05, 4.69) is 5.32 Å². The van der Waals surface area contributed by atoms with Crippen molar-refractivity contribution in [1.29, 1.82) is 0 Å². The fraction of sp³-hybridized carbons (Fsp3) is 0.500. The molecule has 1 saturated heterocycles. The van der Waals surface area contributed by atoms with Crippen molar-refractivity contribution in [3.8, 4) is 0 Å². The molecule has 0 saturated carbocycles. The van der Waals surface area contributed by atoms with Gasteiger partial charge in [0.15, 0.2) is 0 Å². The Morgan fingerprint density at radius 2 is 1.93 bits per heavy atom. The zero-order valence-corrected chi connectivity index (χ0v) is 9.43. The quantitative estimate of drug-likeness (QED) is 0.724. The maximum absolute atomic E-state index is 5.89. The van der Waals surface area contributed by atoms with Crippen LogP contribution in [0.1, 0.15) is 32.8 Å². The Kier molecular flexibility index (Phi) is 6.37. The van der Waals surface area contributed by atoms with E-state index in [9.17, 15) is 0 Å². The number of nitrogen functional groups attached to an aromatic ring is 1. The van der Waals surface area contributed by atoms with Crippen LogP contribution in [0.25, 0.3) is 0 Å². The lowest BCUT2D eigenvalue weighted by atomic mass is 9.94. The molecule has 15 heavy (non-hydrogen) atoms. The van der Waals surface area contributed by atoms with Crippen molar-refractivity contribution in [2.75, 3.05) is 18.8 Å². The summed E-state index contributed by atoms with van der Waals surface area (Å²) in [6.07, 6.45) is 0. The lowest BCUT2D eigenvalue weighted by Gasteiger charge is -2.27. The summed E-state index contributed by atoms with van der Waals surface area (Å²) < 4.78 is 0. The molecule has 3 N–H and O–H groups in total. The van der Waals surface area contributed by atoms with E-state index in [1.807, 2.05) is 32.0 Å². The first kappa shape index (κ1) is 14.3. The zero-order chi connectivity index (χ0) is 10.6. The lowest BCUT2D eigenvalue weighted by Crippen LogP contribution is -2.39. The standard InChI is InChI=1S/C9H11ClN2.C2H6.CH4/c10-8-3-6(1-2-9(8)11)7-4-12-5-7;1-2;/h1-3,7,12H,4-5,11H2;1-2H3;1H4. The summed E-state index contributed by atoms with van der Waals surface area (Å²) in [7, 11) is 0. The van der Waals surface area contributed by atoms with Crippen LogP contribution in [-0.2, 0) is 0 Å². The highest BCUT2D eigenvalue weighted by molar-refractivity contribution is 6.33. The molecule has 0 amide bonds. The Morgan fingerprint density at radius 1 is 1.33 bits per heavy atom. The number of benzene rings is 1. The summed E-state index contributed by atoms with van der Waals surface area (Å²) in [5.74, 6) is 0.628. The molecule has 0 unspecified atom stereocenters. The van der Waals surface area contributed by atoms with Crippen molar-refractivity contribution < 1.29 is 0 Å². The van der Waals surface area contributed by atoms with Crippen LogP contribution in [0, 0.1) is 0 Å². The lowest BCUT2D eigenvalue weighted by molar-refractivity contribution is 0.448. The van der Waals surface area contributed by atoms with Gasteiger partial charge in [-0.1, -0.05) is 38.9 Å². The number of anilines is 1. The molecular weight excluding hydrogens is 208 g/mol. The summed E-state index contributed by atoms with van der Waals surface area (Å²) in [5, 5.41) is 3.89. The molecule has 0 aliphatic carbocycles. The van der Waals surface area contributed by atoms with Crippen LogP contribution >= 0.6 is 11.6 Å². The van der Waals surface area contributed by atoms with Gasteiger partial charge in [-0.2, -0.15) is 0 Å². The summed E-state index contributed by atoms with van der Waals surface area (Å²) in [6, 6.07) is 5.88.